The number of benzene rings is 3. The van der Waals surface area contributed by atoms with Crippen molar-refractivity contribution in [3.8, 4) is 11.8 Å². The predicted molar refractivity (Wildman–Crippen MR) is 91.7 cm³/mol. The molecule has 22 heavy (non-hydrogen) atoms. The molecule has 0 bridgehead atoms. The number of aromatic nitrogens is 1. The molecule has 4 aromatic rings. The Morgan fingerprint density at radius 2 is 1.09 bits per heavy atom. The Kier molecular flexibility index (Phi) is 3.07. The van der Waals surface area contributed by atoms with Crippen LogP contribution in [0.1, 0.15) is 11.1 Å². The molecule has 1 heterocycles. The number of nitrogens with zero attached hydrogens (tertiary/aromatic N) is 1. The second kappa shape index (κ2) is 5.35. The maximum Gasteiger partial charge on any atom is 0.0722 e. The monoisotopic (exact) mass is 279 g/mol. The van der Waals surface area contributed by atoms with Gasteiger partial charge in [0.1, 0.15) is 0 Å². The normalized spacial score (nSPS) is 10.4. The fourth-order valence-electron chi connectivity index (χ4n) is 2.63. The first-order valence-electron chi connectivity index (χ1n) is 7.26. The molecule has 1 aromatic heterocycles. The maximum atomic E-state index is 4.73. The Balaban J connectivity index is 2.03. The summed E-state index contributed by atoms with van der Waals surface area (Å²) < 4.78 is 0. The molecule has 0 amide bonds. The molecule has 0 aliphatic carbocycles. The molecule has 0 unspecified atom stereocenters. The Labute approximate surface area is 129 Å². The molecule has 0 fully saturated rings. The lowest BCUT2D eigenvalue weighted by atomic mass is 10.0. The quantitative estimate of drug-likeness (QED) is 0.333. The molecule has 0 atom stereocenters. The van der Waals surface area contributed by atoms with Gasteiger partial charge in [0.15, 0.2) is 0 Å². The number of hydrogen-bond donors (Lipinski definition) is 0. The first-order chi connectivity index (χ1) is 10.9. The minimum Gasteiger partial charge on any atom is -0.248 e. The Hall–Kier alpha value is -3.11. The van der Waals surface area contributed by atoms with E-state index in [1.165, 1.54) is 0 Å². The topological polar surface area (TPSA) is 12.9 Å². The fraction of sp³-hybridized carbons (Fsp3) is 0. The van der Waals surface area contributed by atoms with Crippen LogP contribution >= 0.6 is 0 Å². The van der Waals surface area contributed by atoms with Crippen LogP contribution in [0.15, 0.2) is 78.9 Å². The average molecular weight is 279 g/mol. The molecule has 0 aliphatic heterocycles. The average Bonchev–Trinajstić information content (AvgIpc) is 2.59. The lowest BCUT2D eigenvalue weighted by Crippen LogP contribution is -1.88. The smallest absolute Gasteiger partial charge is 0.0722 e. The van der Waals surface area contributed by atoms with E-state index < -0.39 is 0 Å². The Bertz CT molecular complexity index is 967. The molecule has 1 heteroatoms. The molecule has 102 valence electrons. The van der Waals surface area contributed by atoms with Crippen LogP contribution in [0, 0.1) is 11.8 Å². The van der Waals surface area contributed by atoms with Crippen LogP contribution in [0.3, 0.4) is 0 Å². The van der Waals surface area contributed by atoms with Gasteiger partial charge in [0.25, 0.3) is 0 Å². The number of pyridine rings is 1. The Morgan fingerprint density at radius 3 is 1.73 bits per heavy atom. The van der Waals surface area contributed by atoms with E-state index in [4.69, 9.17) is 4.98 Å². The number of hydrogen-bond acceptors (Lipinski definition) is 1. The molecule has 4 rings (SSSR count). The van der Waals surface area contributed by atoms with E-state index in [9.17, 15) is 0 Å². The van der Waals surface area contributed by atoms with Crippen LogP contribution < -0.4 is 0 Å². The van der Waals surface area contributed by atoms with E-state index in [1.807, 2.05) is 66.7 Å². The van der Waals surface area contributed by atoms with Gasteiger partial charge in [-0.15, -0.1) is 0 Å². The van der Waals surface area contributed by atoms with Gasteiger partial charge in [0.2, 0.25) is 0 Å². The lowest BCUT2D eigenvalue weighted by molar-refractivity contribution is 1.49. The van der Waals surface area contributed by atoms with Crippen LogP contribution in [0.25, 0.3) is 21.8 Å². The molecule has 3 aromatic carbocycles. The van der Waals surface area contributed by atoms with Crippen molar-refractivity contribution in [3.63, 3.8) is 0 Å². The highest BCUT2D eigenvalue weighted by molar-refractivity contribution is 6.00. The zero-order chi connectivity index (χ0) is 14.8. The van der Waals surface area contributed by atoms with Gasteiger partial charge in [0.05, 0.1) is 11.0 Å². The van der Waals surface area contributed by atoms with Crippen molar-refractivity contribution in [2.75, 3.05) is 0 Å². The van der Waals surface area contributed by atoms with E-state index in [0.29, 0.717) is 0 Å². The summed E-state index contributed by atoms with van der Waals surface area (Å²) in [6, 6.07) is 26.4. The van der Waals surface area contributed by atoms with Gasteiger partial charge in [0, 0.05) is 21.9 Å². The van der Waals surface area contributed by atoms with Gasteiger partial charge >= 0.3 is 0 Å². The lowest BCUT2D eigenvalue weighted by Gasteiger charge is -2.05. The number of para-hydroxylation sites is 2. The zero-order valence-corrected chi connectivity index (χ0v) is 12.0. The van der Waals surface area contributed by atoms with Gasteiger partial charge in [-0.25, -0.2) is 4.98 Å². The van der Waals surface area contributed by atoms with Crippen molar-refractivity contribution in [2.45, 2.75) is 0 Å². The van der Waals surface area contributed by atoms with Gasteiger partial charge < -0.3 is 0 Å². The number of rotatable bonds is 0. The van der Waals surface area contributed by atoms with Gasteiger partial charge in [-0.1, -0.05) is 66.4 Å². The summed E-state index contributed by atoms with van der Waals surface area (Å²) in [5, 5.41) is 2.20. The zero-order valence-electron chi connectivity index (χ0n) is 12.0. The van der Waals surface area contributed by atoms with E-state index in [-0.39, 0.29) is 0 Å². The molecule has 0 aliphatic rings. The van der Waals surface area contributed by atoms with Gasteiger partial charge in [-0.3, -0.25) is 0 Å². The third kappa shape index (κ3) is 2.21. The second-order valence-electron chi connectivity index (χ2n) is 5.14. The van der Waals surface area contributed by atoms with E-state index in [1.54, 1.807) is 0 Å². The SMILES string of the molecule is C(#Cc1c2ccccc2nc2ccccc12)c1ccccc1. The third-order valence-electron chi connectivity index (χ3n) is 3.69. The third-order valence-corrected chi connectivity index (χ3v) is 3.69. The van der Waals surface area contributed by atoms with E-state index >= 15 is 0 Å². The first-order valence-corrected chi connectivity index (χ1v) is 7.26. The highest BCUT2D eigenvalue weighted by Crippen LogP contribution is 2.25. The van der Waals surface area contributed by atoms with Crippen LogP contribution in [0.5, 0.6) is 0 Å². The maximum absolute atomic E-state index is 4.73. The molecule has 0 spiro atoms. The standard InChI is InChI=1S/C21H13N/c1-2-8-16(9-3-1)14-15-17-18-10-4-6-12-20(18)22-21-13-7-5-11-19(17)21/h1-13H. The number of fused-ring (bicyclic) bond motifs is 2. The summed E-state index contributed by atoms with van der Waals surface area (Å²) in [5.74, 6) is 6.62. The summed E-state index contributed by atoms with van der Waals surface area (Å²) in [7, 11) is 0. The van der Waals surface area contributed by atoms with E-state index in [0.717, 1.165) is 32.9 Å². The molecule has 0 radical (unpaired) electrons. The van der Waals surface area contributed by atoms with Crippen molar-refractivity contribution in [1.29, 1.82) is 0 Å². The fourth-order valence-corrected chi connectivity index (χ4v) is 2.63. The van der Waals surface area contributed by atoms with Crippen LogP contribution in [0.4, 0.5) is 0 Å². The summed E-state index contributed by atoms with van der Waals surface area (Å²) in [6.45, 7) is 0. The van der Waals surface area contributed by atoms with Crippen LogP contribution in [-0.4, -0.2) is 4.98 Å². The molecular weight excluding hydrogens is 266 g/mol. The highest BCUT2D eigenvalue weighted by Gasteiger charge is 2.06. The largest absolute Gasteiger partial charge is 0.248 e. The minimum absolute atomic E-state index is 0.985. The highest BCUT2D eigenvalue weighted by atomic mass is 14.7. The summed E-state index contributed by atoms with van der Waals surface area (Å²) >= 11 is 0. The van der Waals surface area contributed by atoms with Gasteiger partial charge in [-0.05, 0) is 24.3 Å². The molecule has 0 N–H and O–H groups in total. The molecule has 0 saturated heterocycles. The van der Waals surface area contributed by atoms with Crippen LogP contribution in [-0.2, 0) is 0 Å². The van der Waals surface area contributed by atoms with Crippen molar-refractivity contribution >= 4 is 21.8 Å². The van der Waals surface area contributed by atoms with Crippen molar-refractivity contribution in [1.82, 2.24) is 4.98 Å². The van der Waals surface area contributed by atoms with Crippen molar-refractivity contribution in [2.24, 2.45) is 0 Å². The summed E-state index contributed by atoms with van der Waals surface area (Å²) in [4.78, 5) is 4.73. The molecule has 0 saturated carbocycles. The van der Waals surface area contributed by atoms with E-state index in [2.05, 4.69) is 24.0 Å². The van der Waals surface area contributed by atoms with Crippen LogP contribution in [0.2, 0.25) is 0 Å². The van der Waals surface area contributed by atoms with Gasteiger partial charge in [-0.2, -0.15) is 0 Å². The molecular formula is C21H13N. The molecule has 1 nitrogen and oxygen atoms in total. The Morgan fingerprint density at radius 1 is 0.545 bits per heavy atom. The first kappa shape index (κ1) is 12.6. The van der Waals surface area contributed by atoms with Crippen molar-refractivity contribution < 1.29 is 0 Å². The minimum atomic E-state index is 0.985. The predicted octanol–water partition coefficient (Wildman–Crippen LogP) is 4.79. The summed E-state index contributed by atoms with van der Waals surface area (Å²) in [6.07, 6.45) is 0. The van der Waals surface area contributed by atoms with Crippen molar-refractivity contribution in [3.05, 3.63) is 90.0 Å². The summed E-state index contributed by atoms with van der Waals surface area (Å²) in [5.41, 5.74) is 4.04. The second-order valence-corrected chi connectivity index (χ2v) is 5.14.